The molecule has 3 N–H and O–H groups in total. The van der Waals surface area contributed by atoms with Crippen molar-refractivity contribution in [3.05, 3.63) is 28.8 Å². The van der Waals surface area contributed by atoms with Gasteiger partial charge in [0.15, 0.2) is 0 Å². The first-order chi connectivity index (χ1) is 8.65. The second-order valence-corrected chi connectivity index (χ2v) is 5.32. The van der Waals surface area contributed by atoms with E-state index in [9.17, 15) is 0 Å². The van der Waals surface area contributed by atoms with E-state index in [1.807, 2.05) is 12.1 Å². The van der Waals surface area contributed by atoms with E-state index in [2.05, 4.69) is 4.90 Å². The zero-order valence-corrected chi connectivity index (χ0v) is 10.8. The molecule has 2 bridgehead atoms. The molecular weight excluding hydrogens is 250 g/mol. The number of morpholine rings is 1. The van der Waals surface area contributed by atoms with Gasteiger partial charge in [-0.3, -0.25) is 5.41 Å². The van der Waals surface area contributed by atoms with Crippen LogP contribution in [0.2, 0.25) is 5.02 Å². The lowest BCUT2D eigenvalue weighted by Gasteiger charge is -2.35. The number of hydrogen-bond acceptors (Lipinski definition) is 3. The molecule has 2 aliphatic heterocycles. The minimum Gasteiger partial charge on any atom is -0.384 e. The summed E-state index contributed by atoms with van der Waals surface area (Å²) in [6, 6.07) is 5.66. The Kier molecular flexibility index (Phi) is 2.92. The van der Waals surface area contributed by atoms with Gasteiger partial charge in [-0.1, -0.05) is 17.7 Å². The van der Waals surface area contributed by atoms with Gasteiger partial charge in [0, 0.05) is 18.8 Å². The van der Waals surface area contributed by atoms with E-state index in [1.54, 1.807) is 6.07 Å². The van der Waals surface area contributed by atoms with Crippen LogP contribution in [0.1, 0.15) is 18.4 Å². The van der Waals surface area contributed by atoms with E-state index < -0.39 is 0 Å². The molecule has 2 heterocycles. The number of hydrogen-bond donors (Lipinski definition) is 2. The third kappa shape index (κ3) is 1.95. The van der Waals surface area contributed by atoms with E-state index in [0.29, 0.717) is 22.8 Å². The number of anilines is 1. The van der Waals surface area contributed by atoms with Crippen molar-refractivity contribution in [2.45, 2.75) is 25.0 Å². The molecule has 2 saturated heterocycles. The van der Waals surface area contributed by atoms with Crippen molar-refractivity contribution in [1.82, 2.24) is 0 Å². The molecular formula is C13H16ClN3O. The zero-order chi connectivity index (χ0) is 12.7. The highest BCUT2D eigenvalue weighted by molar-refractivity contribution is 6.34. The van der Waals surface area contributed by atoms with Gasteiger partial charge in [-0.2, -0.15) is 0 Å². The number of amidine groups is 1. The van der Waals surface area contributed by atoms with Crippen molar-refractivity contribution in [1.29, 1.82) is 5.41 Å². The van der Waals surface area contributed by atoms with Gasteiger partial charge in [0.2, 0.25) is 0 Å². The molecule has 0 aromatic heterocycles. The monoisotopic (exact) mass is 265 g/mol. The van der Waals surface area contributed by atoms with Crippen molar-refractivity contribution in [3.63, 3.8) is 0 Å². The maximum Gasteiger partial charge on any atom is 0.126 e. The normalized spacial score (nSPS) is 26.4. The van der Waals surface area contributed by atoms with Gasteiger partial charge in [0.25, 0.3) is 0 Å². The number of benzene rings is 1. The standard InChI is InChI=1S/C13H16ClN3O/c14-10-2-1-3-11(12(10)13(15)16)17-6-8-4-5-9(7-17)18-8/h1-3,8-9H,4-7H2,(H3,15,16). The van der Waals surface area contributed by atoms with Crippen LogP contribution in [0.5, 0.6) is 0 Å². The van der Waals surface area contributed by atoms with Gasteiger partial charge >= 0.3 is 0 Å². The molecule has 0 saturated carbocycles. The fraction of sp³-hybridized carbons (Fsp3) is 0.462. The summed E-state index contributed by atoms with van der Waals surface area (Å²) in [5.41, 5.74) is 7.24. The first-order valence-corrected chi connectivity index (χ1v) is 6.56. The summed E-state index contributed by atoms with van der Waals surface area (Å²) in [6.45, 7) is 1.72. The highest BCUT2D eigenvalue weighted by atomic mass is 35.5. The Hall–Kier alpha value is -1.26. The maximum atomic E-state index is 7.69. The number of nitrogens with two attached hydrogens (primary N) is 1. The number of rotatable bonds is 2. The lowest BCUT2D eigenvalue weighted by atomic mass is 10.1. The third-order valence-corrected chi connectivity index (χ3v) is 3.96. The van der Waals surface area contributed by atoms with Crippen LogP contribution < -0.4 is 10.6 Å². The van der Waals surface area contributed by atoms with Crippen molar-refractivity contribution in [2.75, 3.05) is 18.0 Å². The predicted octanol–water partition coefficient (Wildman–Crippen LogP) is 1.99. The fourth-order valence-electron chi connectivity index (χ4n) is 2.85. The van der Waals surface area contributed by atoms with Crippen LogP contribution in [0, 0.1) is 5.41 Å². The highest BCUT2D eigenvalue weighted by Gasteiger charge is 2.34. The second-order valence-electron chi connectivity index (χ2n) is 4.91. The Balaban J connectivity index is 1.97. The smallest absolute Gasteiger partial charge is 0.126 e. The topological polar surface area (TPSA) is 62.3 Å². The Morgan fingerprint density at radius 2 is 2.00 bits per heavy atom. The molecule has 1 aromatic rings. The lowest BCUT2D eigenvalue weighted by Crippen LogP contribution is -2.43. The van der Waals surface area contributed by atoms with E-state index in [1.165, 1.54) is 0 Å². The summed E-state index contributed by atoms with van der Waals surface area (Å²) in [4.78, 5) is 2.24. The molecule has 2 aliphatic rings. The van der Waals surface area contributed by atoms with E-state index in [-0.39, 0.29) is 5.84 Å². The van der Waals surface area contributed by atoms with E-state index in [0.717, 1.165) is 31.6 Å². The van der Waals surface area contributed by atoms with Gasteiger partial charge in [-0.15, -0.1) is 0 Å². The Labute approximate surface area is 111 Å². The van der Waals surface area contributed by atoms with Gasteiger partial charge < -0.3 is 15.4 Å². The Bertz CT molecular complexity index is 479. The first kappa shape index (κ1) is 11.8. The Morgan fingerprint density at radius 1 is 1.33 bits per heavy atom. The Morgan fingerprint density at radius 3 is 2.61 bits per heavy atom. The van der Waals surface area contributed by atoms with E-state index in [4.69, 9.17) is 27.5 Å². The molecule has 96 valence electrons. The van der Waals surface area contributed by atoms with Gasteiger partial charge in [-0.05, 0) is 25.0 Å². The number of nitrogens with one attached hydrogen (secondary N) is 1. The molecule has 18 heavy (non-hydrogen) atoms. The summed E-state index contributed by atoms with van der Waals surface area (Å²) < 4.78 is 5.82. The molecule has 0 radical (unpaired) electrons. The molecule has 2 unspecified atom stereocenters. The molecule has 0 spiro atoms. The summed E-state index contributed by atoms with van der Waals surface area (Å²) in [5, 5.41) is 8.23. The fourth-order valence-corrected chi connectivity index (χ4v) is 3.13. The van der Waals surface area contributed by atoms with Crippen LogP contribution in [0.3, 0.4) is 0 Å². The minimum absolute atomic E-state index is 0.0226. The third-order valence-electron chi connectivity index (χ3n) is 3.65. The van der Waals surface area contributed by atoms with Crippen LogP contribution >= 0.6 is 11.6 Å². The number of nitrogens with zero attached hydrogens (tertiary/aromatic N) is 1. The summed E-state index contributed by atoms with van der Waals surface area (Å²) in [5.74, 6) is 0.0226. The van der Waals surface area contributed by atoms with Crippen molar-refractivity contribution in [2.24, 2.45) is 5.73 Å². The quantitative estimate of drug-likeness (QED) is 0.635. The lowest BCUT2D eigenvalue weighted by molar-refractivity contribution is 0.0305. The van der Waals surface area contributed by atoms with Crippen LogP contribution in [0.4, 0.5) is 5.69 Å². The predicted molar refractivity (Wildman–Crippen MR) is 72.6 cm³/mol. The number of ether oxygens (including phenoxy) is 1. The number of halogens is 1. The molecule has 2 atom stereocenters. The minimum atomic E-state index is 0.0226. The van der Waals surface area contributed by atoms with Crippen molar-refractivity contribution >= 4 is 23.1 Å². The van der Waals surface area contributed by atoms with Crippen LogP contribution in [-0.2, 0) is 4.74 Å². The summed E-state index contributed by atoms with van der Waals surface area (Å²) in [6.07, 6.45) is 2.86. The number of nitrogen functional groups attached to an aromatic ring is 1. The molecule has 0 aliphatic carbocycles. The van der Waals surface area contributed by atoms with Crippen LogP contribution in [0.25, 0.3) is 0 Å². The average molecular weight is 266 g/mol. The largest absolute Gasteiger partial charge is 0.384 e. The SMILES string of the molecule is N=C(N)c1c(Cl)cccc1N1CC2CCC(C1)O2. The van der Waals surface area contributed by atoms with Crippen molar-refractivity contribution < 1.29 is 4.74 Å². The van der Waals surface area contributed by atoms with Crippen LogP contribution in [-0.4, -0.2) is 31.1 Å². The summed E-state index contributed by atoms with van der Waals surface area (Å²) in [7, 11) is 0. The van der Waals surface area contributed by atoms with Crippen LogP contribution in [0.15, 0.2) is 18.2 Å². The first-order valence-electron chi connectivity index (χ1n) is 6.18. The van der Waals surface area contributed by atoms with Gasteiger partial charge in [0.05, 0.1) is 22.8 Å². The molecule has 3 rings (SSSR count). The van der Waals surface area contributed by atoms with Crippen molar-refractivity contribution in [3.8, 4) is 0 Å². The summed E-state index contributed by atoms with van der Waals surface area (Å²) >= 11 is 6.15. The average Bonchev–Trinajstić information content (AvgIpc) is 2.67. The molecule has 1 aromatic carbocycles. The van der Waals surface area contributed by atoms with E-state index >= 15 is 0 Å². The zero-order valence-electron chi connectivity index (χ0n) is 10.0. The van der Waals surface area contributed by atoms with Gasteiger partial charge in [-0.25, -0.2) is 0 Å². The molecule has 0 amide bonds. The maximum absolute atomic E-state index is 7.69. The highest BCUT2D eigenvalue weighted by Crippen LogP contribution is 2.33. The van der Waals surface area contributed by atoms with Gasteiger partial charge in [0.1, 0.15) is 5.84 Å². The molecule has 2 fully saturated rings. The molecule has 4 nitrogen and oxygen atoms in total. The second kappa shape index (κ2) is 4.44. The number of fused-ring (bicyclic) bond motifs is 2. The molecule has 5 heteroatoms.